The summed E-state index contributed by atoms with van der Waals surface area (Å²) in [6.45, 7) is 6.69. The van der Waals surface area contributed by atoms with Gasteiger partial charge in [0.1, 0.15) is 5.82 Å². The zero-order valence-electron chi connectivity index (χ0n) is 15.6. The molecule has 2 aliphatic rings. The minimum absolute atomic E-state index is 0.0785. The van der Waals surface area contributed by atoms with Gasteiger partial charge in [0.05, 0.1) is 5.52 Å². The van der Waals surface area contributed by atoms with Crippen LogP contribution in [0.4, 0.5) is 4.39 Å². The minimum Gasteiger partial charge on any atom is -0.281 e. The number of carbonyl (C=O) groups is 1. The van der Waals surface area contributed by atoms with E-state index in [2.05, 4.69) is 24.9 Å². The summed E-state index contributed by atoms with van der Waals surface area (Å²) in [7, 11) is 0. The fourth-order valence-corrected chi connectivity index (χ4v) is 5.97. The van der Waals surface area contributed by atoms with Crippen molar-refractivity contribution >= 4 is 27.7 Å². The number of rotatable bonds is 3. The van der Waals surface area contributed by atoms with E-state index < -0.39 is 0 Å². The topological polar surface area (TPSA) is 30.0 Å². The number of benzene rings is 1. The molecule has 0 spiro atoms. The summed E-state index contributed by atoms with van der Waals surface area (Å²) in [5.74, 6) is 0.477. The lowest BCUT2D eigenvalue weighted by Gasteiger charge is -2.34. The van der Waals surface area contributed by atoms with Crippen LogP contribution in [0.15, 0.2) is 30.5 Å². The lowest BCUT2D eigenvalue weighted by atomic mass is 9.71. The van der Waals surface area contributed by atoms with Crippen LogP contribution in [0, 0.1) is 28.5 Å². The summed E-state index contributed by atoms with van der Waals surface area (Å²) in [5.41, 5.74) is 2.44. The Labute approximate surface area is 159 Å². The largest absolute Gasteiger partial charge is 0.281 e. The standard InChI is InChI=1S/C22H25ClFNO/c1-13(20(23)26)14-9-21(2)11-15(12-22(21,3)10-14)17-6-7-25-19-5-4-16(24)8-18(17)19/h4-8,13-15H,9-12H2,1-3H3/t13?,14?,15?,21-,22+. The van der Waals surface area contributed by atoms with Crippen LogP contribution in [0.2, 0.25) is 0 Å². The molecule has 3 unspecified atom stereocenters. The van der Waals surface area contributed by atoms with E-state index in [1.807, 2.05) is 13.1 Å². The molecule has 26 heavy (non-hydrogen) atoms. The van der Waals surface area contributed by atoms with Crippen molar-refractivity contribution in [1.82, 2.24) is 4.98 Å². The Morgan fingerprint density at radius 3 is 2.46 bits per heavy atom. The smallest absolute Gasteiger partial charge is 0.224 e. The molecule has 0 aliphatic heterocycles. The highest BCUT2D eigenvalue weighted by atomic mass is 35.5. The molecule has 1 heterocycles. The van der Waals surface area contributed by atoms with Crippen LogP contribution in [0.5, 0.6) is 0 Å². The summed E-state index contributed by atoms with van der Waals surface area (Å²) in [5, 5.41) is 0.722. The Balaban J connectivity index is 1.66. The minimum atomic E-state index is -0.214. The number of halogens is 2. The van der Waals surface area contributed by atoms with Gasteiger partial charge in [0.2, 0.25) is 5.24 Å². The summed E-state index contributed by atoms with van der Waals surface area (Å²) in [6, 6.07) is 6.91. The van der Waals surface area contributed by atoms with E-state index in [1.165, 1.54) is 11.6 Å². The van der Waals surface area contributed by atoms with Crippen molar-refractivity contribution in [1.29, 1.82) is 0 Å². The molecule has 0 bridgehead atoms. The van der Waals surface area contributed by atoms with E-state index in [-0.39, 0.29) is 27.8 Å². The number of carbonyl (C=O) groups excluding carboxylic acids is 1. The quantitative estimate of drug-likeness (QED) is 0.610. The maximum absolute atomic E-state index is 13.8. The molecule has 1 aromatic carbocycles. The number of hydrogen-bond donors (Lipinski definition) is 0. The maximum Gasteiger partial charge on any atom is 0.224 e. The first-order valence-electron chi connectivity index (χ1n) is 9.46. The zero-order chi connectivity index (χ0) is 18.7. The van der Waals surface area contributed by atoms with Gasteiger partial charge in [0.25, 0.3) is 0 Å². The molecule has 138 valence electrons. The van der Waals surface area contributed by atoms with Crippen LogP contribution in [0.25, 0.3) is 10.9 Å². The molecule has 0 radical (unpaired) electrons. The predicted molar refractivity (Wildman–Crippen MR) is 103 cm³/mol. The molecule has 2 aromatic rings. The van der Waals surface area contributed by atoms with E-state index in [0.717, 1.165) is 36.6 Å². The van der Waals surface area contributed by atoms with Crippen LogP contribution < -0.4 is 0 Å². The molecule has 2 nitrogen and oxygen atoms in total. The molecule has 5 atom stereocenters. The van der Waals surface area contributed by atoms with Crippen molar-refractivity contribution < 1.29 is 9.18 Å². The van der Waals surface area contributed by atoms with Gasteiger partial charge in [0, 0.05) is 17.5 Å². The maximum atomic E-state index is 13.8. The second kappa shape index (κ2) is 6.02. The van der Waals surface area contributed by atoms with Gasteiger partial charge in [-0.05, 0) is 89.8 Å². The second-order valence-electron chi connectivity index (χ2n) is 9.05. The van der Waals surface area contributed by atoms with Crippen molar-refractivity contribution in [3.05, 3.63) is 41.8 Å². The van der Waals surface area contributed by atoms with Crippen LogP contribution in [0.1, 0.15) is 57.9 Å². The molecule has 2 aliphatic carbocycles. The second-order valence-corrected chi connectivity index (χ2v) is 9.42. The van der Waals surface area contributed by atoms with Crippen molar-refractivity contribution in [3.8, 4) is 0 Å². The van der Waals surface area contributed by atoms with Gasteiger partial charge in [0.15, 0.2) is 0 Å². The number of fused-ring (bicyclic) bond motifs is 2. The predicted octanol–water partition coefficient (Wildman–Crippen LogP) is 6.08. The third-order valence-electron chi connectivity index (χ3n) is 7.52. The zero-order valence-corrected chi connectivity index (χ0v) is 16.3. The SMILES string of the molecule is CC(C(=O)Cl)C1C[C@]2(C)CC(c3ccnc4ccc(F)cc34)C[C@]2(C)C1. The number of pyridine rings is 1. The van der Waals surface area contributed by atoms with Gasteiger partial charge in [-0.25, -0.2) is 4.39 Å². The number of nitrogens with zero attached hydrogens (tertiary/aromatic N) is 1. The molecular formula is C22H25ClFNO. The van der Waals surface area contributed by atoms with E-state index in [9.17, 15) is 9.18 Å². The van der Waals surface area contributed by atoms with Gasteiger partial charge in [-0.15, -0.1) is 0 Å². The summed E-state index contributed by atoms with van der Waals surface area (Å²) < 4.78 is 13.8. The van der Waals surface area contributed by atoms with Gasteiger partial charge >= 0.3 is 0 Å². The Morgan fingerprint density at radius 1 is 1.19 bits per heavy atom. The first-order chi connectivity index (χ1) is 12.2. The van der Waals surface area contributed by atoms with Crippen molar-refractivity contribution in [3.63, 3.8) is 0 Å². The van der Waals surface area contributed by atoms with Gasteiger partial charge in [-0.2, -0.15) is 0 Å². The third-order valence-corrected chi connectivity index (χ3v) is 7.86. The van der Waals surface area contributed by atoms with Crippen molar-refractivity contribution in [2.75, 3.05) is 0 Å². The molecule has 0 amide bonds. The Kier molecular flexibility index (Phi) is 4.15. The normalized spacial score (nSPS) is 34.8. The molecule has 2 saturated carbocycles. The highest BCUT2D eigenvalue weighted by Gasteiger charge is 2.59. The average Bonchev–Trinajstić information content (AvgIpc) is 2.97. The molecule has 4 heteroatoms. The average molecular weight is 374 g/mol. The summed E-state index contributed by atoms with van der Waals surface area (Å²) >= 11 is 5.78. The van der Waals surface area contributed by atoms with Crippen LogP contribution in [0.3, 0.4) is 0 Å². The number of aromatic nitrogens is 1. The van der Waals surface area contributed by atoms with Crippen LogP contribution in [-0.2, 0) is 4.79 Å². The lowest BCUT2D eigenvalue weighted by molar-refractivity contribution is -0.116. The Morgan fingerprint density at radius 2 is 1.85 bits per heavy atom. The summed E-state index contributed by atoms with van der Waals surface area (Å²) in [4.78, 5) is 16.0. The van der Waals surface area contributed by atoms with E-state index >= 15 is 0 Å². The molecule has 4 rings (SSSR count). The number of hydrogen-bond acceptors (Lipinski definition) is 2. The van der Waals surface area contributed by atoms with Crippen LogP contribution in [-0.4, -0.2) is 10.2 Å². The van der Waals surface area contributed by atoms with E-state index in [4.69, 9.17) is 11.6 Å². The van der Waals surface area contributed by atoms with Crippen molar-refractivity contribution in [2.45, 2.75) is 52.4 Å². The third kappa shape index (κ3) is 2.67. The fraction of sp³-hybridized carbons (Fsp3) is 0.545. The molecule has 0 N–H and O–H groups in total. The van der Waals surface area contributed by atoms with Gasteiger partial charge in [-0.3, -0.25) is 9.78 Å². The summed E-state index contributed by atoms with van der Waals surface area (Å²) in [6.07, 6.45) is 6.05. The van der Waals surface area contributed by atoms with E-state index in [1.54, 1.807) is 12.1 Å². The van der Waals surface area contributed by atoms with Crippen molar-refractivity contribution in [2.24, 2.45) is 22.7 Å². The van der Waals surface area contributed by atoms with Gasteiger partial charge < -0.3 is 0 Å². The van der Waals surface area contributed by atoms with Crippen LogP contribution >= 0.6 is 11.6 Å². The van der Waals surface area contributed by atoms with E-state index in [0.29, 0.717) is 11.8 Å². The molecule has 1 aromatic heterocycles. The Bertz CT molecular complexity index is 864. The molecule has 2 fully saturated rings. The lowest BCUT2D eigenvalue weighted by Crippen LogP contribution is -2.25. The molecular weight excluding hydrogens is 349 g/mol. The van der Waals surface area contributed by atoms with Gasteiger partial charge in [-0.1, -0.05) is 20.8 Å². The highest BCUT2D eigenvalue weighted by Crippen LogP contribution is 2.68. The highest BCUT2D eigenvalue weighted by molar-refractivity contribution is 6.63. The fourth-order valence-electron chi connectivity index (χ4n) is 5.80. The first-order valence-corrected chi connectivity index (χ1v) is 9.84. The Hall–Kier alpha value is -1.48. The first kappa shape index (κ1) is 17.9. The molecule has 0 saturated heterocycles. The monoisotopic (exact) mass is 373 g/mol.